The first kappa shape index (κ1) is 13.8. The molecular formula is C15H23NOS. The van der Waals surface area contributed by atoms with Crippen LogP contribution >= 0.6 is 11.8 Å². The van der Waals surface area contributed by atoms with Crippen molar-refractivity contribution in [1.82, 2.24) is 0 Å². The van der Waals surface area contributed by atoms with E-state index in [1.165, 1.54) is 17.9 Å². The molecule has 0 aromatic heterocycles. The van der Waals surface area contributed by atoms with Crippen LogP contribution in [-0.2, 0) is 0 Å². The standard InChI is InChI=1S/C15H23NOS/c1-12(17)13-4-6-14(7-5-13)16-9-8-15(2,3)18-11-10-16/h4-7,12,17H,8-11H2,1-3H3/t12-/m0/s1. The Balaban J connectivity index is 2.07. The fourth-order valence-corrected chi connectivity index (χ4v) is 3.34. The molecule has 0 aliphatic carbocycles. The molecule has 1 atom stereocenters. The highest BCUT2D eigenvalue weighted by atomic mass is 32.2. The van der Waals surface area contributed by atoms with Crippen molar-refractivity contribution >= 4 is 17.4 Å². The molecular weight excluding hydrogens is 242 g/mol. The van der Waals surface area contributed by atoms with Gasteiger partial charge >= 0.3 is 0 Å². The van der Waals surface area contributed by atoms with Crippen molar-refractivity contribution in [2.45, 2.75) is 38.0 Å². The summed E-state index contributed by atoms with van der Waals surface area (Å²) in [6.07, 6.45) is 0.841. The van der Waals surface area contributed by atoms with E-state index in [0.717, 1.165) is 18.7 Å². The molecule has 18 heavy (non-hydrogen) atoms. The molecule has 0 unspecified atom stereocenters. The minimum atomic E-state index is -0.377. The zero-order valence-corrected chi connectivity index (χ0v) is 12.3. The lowest BCUT2D eigenvalue weighted by atomic mass is 10.1. The summed E-state index contributed by atoms with van der Waals surface area (Å²) in [5.74, 6) is 1.19. The number of aliphatic hydroxyl groups is 1. The summed E-state index contributed by atoms with van der Waals surface area (Å²) in [6.45, 7) is 8.70. The number of rotatable bonds is 2. The second-order valence-electron chi connectivity index (χ2n) is 5.61. The number of nitrogens with zero attached hydrogens (tertiary/aromatic N) is 1. The van der Waals surface area contributed by atoms with Crippen LogP contribution in [0.15, 0.2) is 24.3 Å². The highest BCUT2D eigenvalue weighted by Crippen LogP contribution is 2.32. The van der Waals surface area contributed by atoms with Crippen LogP contribution in [-0.4, -0.2) is 28.7 Å². The van der Waals surface area contributed by atoms with Crippen LogP contribution in [0.25, 0.3) is 0 Å². The number of anilines is 1. The first-order valence-electron chi connectivity index (χ1n) is 6.65. The zero-order chi connectivity index (χ0) is 13.2. The predicted octanol–water partition coefficient (Wildman–Crippen LogP) is 3.46. The third-order valence-corrected chi connectivity index (χ3v) is 4.95. The molecule has 1 aromatic carbocycles. The lowest BCUT2D eigenvalue weighted by molar-refractivity contribution is 0.199. The second-order valence-corrected chi connectivity index (χ2v) is 7.41. The van der Waals surface area contributed by atoms with E-state index < -0.39 is 0 Å². The normalized spacial score (nSPS) is 21.4. The minimum Gasteiger partial charge on any atom is -0.389 e. The molecule has 1 heterocycles. The topological polar surface area (TPSA) is 23.5 Å². The highest BCUT2D eigenvalue weighted by molar-refractivity contribution is 8.00. The van der Waals surface area contributed by atoms with Crippen molar-refractivity contribution in [2.24, 2.45) is 0 Å². The lowest BCUT2D eigenvalue weighted by Gasteiger charge is -2.24. The quantitative estimate of drug-likeness (QED) is 0.886. The Kier molecular flexibility index (Phi) is 4.23. The average Bonchev–Trinajstić information content (AvgIpc) is 2.50. The van der Waals surface area contributed by atoms with Crippen molar-refractivity contribution in [3.8, 4) is 0 Å². The third kappa shape index (κ3) is 3.42. The van der Waals surface area contributed by atoms with Gasteiger partial charge in [-0.15, -0.1) is 0 Å². The van der Waals surface area contributed by atoms with Gasteiger partial charge in [0.15, 0.2) is 0 Å². The van der Waals surface area contributed by atoms with Gasteiger partial charge in [0.2, 0.25) is 0 Å². The number of thioether (sulfide) groups is 1. The average molecular weight is 265 g/mol. The van der Waals surface area contributed by atoms with E-state index in [2.05, 4.69) is 42.6 Å². The lowest BCUT2D eigenvalue weighted by Crippen LogP contribution is -2.26. The molecule has 1 aliphatic rings. The van der Waals surface area contributed by atoms with Gasteiger partial charge in [-0.05, 0) is 31.0 Å². The molecule has 1 fully saturated rings. The summed E-state index contributed by atoms with van der Waals surface area (Å²) in [4.78, 5) is 2.45. The molecule has 0 amide bonds. The third-order valence-electron chi connectivity index (χ3n) is 3.58. The Hall–Kier alpha value is -0.670. The van der Waals surface area contributed by atoms with Crippen molar-refractivity contribution in [2.75, 3.05) is 23.7 Å². The predicted molar refractivity (Wildman–Crippen MR) is 80.4 cm³/mol. The molecule has 0 spiro atoms. The van der Waals surface area contributed by atoms with Crippen molar-refractivity contribution in [3.05, 3.63) is 29.8 Å². The van der Waals surface area contributed by atoms with Gasteiger partial charge in [0.05, 0.1) is 6.10 Å². The molecule has 100 valence electrons. The van der Waals surface area contributed by atoms with Crippen LogP contribution in [0.3, 0.4) is 0 Å². The zero-order valence-electron chi connectivity index (χ0n) is 11.5. The maximum absolute atomic E-state index is 9.52. The van der Waals surface area contributed by atoms with Crippen molar-refractivity contribution < 1.29 is 5.11 Å². The van der Waals surface area contributed by atoms with Crippen molar-refractivity contribution in [3.63, 3.8) is 0 Å². The summed E-state index contributed by atoms with van der Waals surface area (Å²) < 4.78 is 0.397. The van der Waals surface area contributed by atoms with E-state index in [1.54, 1.807) is 6.92 Å². The summed E-state index contributed by atoms with van der Waals surface area (Å²) in [5, 5.41) is 9.52. The molecule has 1 N–H and O–H groups in total. The Bertz CT molecular complexity index is 386. The monoisotopic (exact) mass is 265 g/mol. The summed E-state index contributed by atoms with van der Waals surface area (Å²) in [7, 11) is 0. The molecule has 1 aromatic rings. The fraction of sp³-hybridized carbons (Fsp3) is 0.600. The second kappa shape index (κ2) is 5.54. The SMILES string of the molecule is C[C@H](O)c1ccc(N2CCSC(C)(C)CC2)cc1. The van der Waals surface area contributed by atoms with Gasteiger partial charge in [-0.2, -0.15) is 11.8 Å². The van der Waals surface area contributed by atoms with Crippen LogP contribution in [0.5, 0.6) is 0 Å². The maximum Gasteiger partial charge on any atom is 0.0761 e. The van der Waals surface area contributed by atoms with E-state index >= 15 is 0 Å². The smallest absolute Gasteiger partial charge is 0.0761 e. The van der Waals surface area contributed by atoms with E-state index in [9.17, 15) is 5.11 Å². The van der Waals surface area contributed by atoms with E-state index in [-0.39, 0.29) is 6.10 Å². The van der Waals surface area contributed by atoms with Crippen molar-refractivity contribution in [1.29, 1.82) is 0 Å². The van der Waals surface area contributed by atoms with Gasteiger partial charge in [0.1, 0.15) is 0 Å². The van der Waals surface area contributed by atoms with Gasteiger partial charge in [0.25, 0.3) is 0 Å². The van der Waals surface area contributed by atoms with E-state index in [0.29, 0.717) is 4.75 Å². The molecule has 3 heteroatoms. The van der Waals surface area contributed by atoms with E-state index in [4.69, 9.17) is 0 Å². The first-order valence-corrected chi connectivity index (χ1v) is 7.63. The van der Waals surface area contributed by atoms with Crippen LogP contribution in [0.2, 0.25) is 0 Å². The van der Waals surface area contributed by atoms with Gasteiger partial charge in [-0.25, -0.2) is 0 Å². The summed E-state index contributed by atoms with van der Waals surface area (Å²) in [5.41, 5.74) is 2.26. The Morgan fingerprint density at radius 1 is 1.22 bits per heavy atom. The van der Waals surface area contributed by atoms with Gasteiger partial charge < -0.3 is 10.0 Å². The molecule has 1 saturated heterocycles. The van der Waals surface area contributed by atoms with Gasteiger partial charge in [-0.3, -0.25) is 0 Å². The summed E-state index contributed by atoms with van der Waals surface area (Å²) >= 11 is 2.07. The molecule has 0 radical (unpaired) electrons. The fourth-order valence-electron chi connectivity index (χ4n) is 2.24. The van der Waals surface area contributed by atoms with Crippen LogP contribution in [0, 0.1) is 0 Å². The van der Waals surface area contributed by atoms with Gasteiger partial charge in [0, 0.05) is 29.3 Å². The molecule has 2 nitrogen and oxygen atoms in total. The van der Waals surface area contributed by atoms with Crippen LogP contribution < -0.4 is 4.90 Å². The Labute approximate surface area is 114 Å². The molecule has 1 aliphatic heterocycles. The first-order chi connectivity index (χ1) is 8.48. The number of benzene rings is 1. The highest BCUT2D eigenvalue weighted by Gasteiger charge is 2.23. The van der Waals surface area contributed by atoms with Crippen LogP contribution in [0.1, 0.15) is 38.9 Å². The Morgan fingerprint density at radius 2 is 1.89 bits per heavy atom. The Morgan fingerprint density at radius 3 is 2.50 bits per heavy atom. The summed E-state index contributed by atoms with van der Waals surface area (Å²) in [6, 6.07) is 8.32. The maximum atomic E-state index is 9.52. The molecule has 2 rings (SSSR count). The molecule has 0 saturated carbocycles. The number of hydrogen-bond acceptors (Lipinski definition) is 3. The van der Waals surface area contributed by atoms with Gasteiger partial charge in [-0.1, -0.05) is 26.0 Å². The minimum absolute atomic E-state index is 0.377. The molecule has 0 bridgehead atoms. The van der Waals surface area contributed by atoms with E-state index in [1.807, 2.05) is 12.1 Å². The number of aliphatic hydroxyl groups excluding tert-OH is 1. The number of hydrogen-bond donors (Lipinski definition) is 1. The van der Waals surface area contributed by atoms with Crippen LogP contribution in [0.4, 0.5) is 5.69 Å². The largest absolute Gasteiger partial charge is 0.389 e.